The molecule has 0 N–H and O–H groups in total. The molecule has 1 atom stereocenters. The van der Waals surface area contributed by atoms with Gasteiger partial charge in [0.05, 0.1) is 31.9 Å². The largest absolute Gasteiger partial charge is 0.497 e. The van der Waals surface area contributed by atoms with E-state index in [2.05, 4.69) is 0 Å². The van der Waals surface area contributed by atoms with E-state index in [9.17, 15) is 9.59 Å². The minimum Gasteiger partial charge on any atom is -0.497 e. The number of amides is 1. The molecule has 2 aliphatic rings. The predicted molar refractivity (Wildman–Crippen MR) is 98.2 cm³/mol. The van der Waals surface area contributed by atoms with Crippen LogP contribution in [0.1, 0.15) is 39.1 Å². The summed E-state index contributed by atoms with van der Waals surface area (Å²) in [7, 11) is 3.09. The van der Waals surface area contributed by atoms with Gasteiger partial charge in [-0.05, 0) is 31.0 Å². The number of nitrogens with zero attached hydrogens (tertiary/aromatic N) is 1. The average molecular weight is 367 g/mol. The van der Waals surface area contributed by atoms with Gasteiger partial charge < -0.3 is 19.1 Å². The quantitative estimate of drug-likeness (QED) is 0.781. The van der Waals surface area contributed by atoms with E-state index in [1.54, 1.807) is 36.3 Å². The van der Waals surface area contributed by atoms with E-state index in [0.29, 0.717) is 42.1 Å². The number of hydrogen-bond donors (Lipinski definition) is 0. The monoisotopic (exact) mass is 367 g/mol. The molecule has 1 unspecified atom stereocenters. The SMILES string of the molecule is COc1ccc(C(=O)N2CCCC3(C2)OC(=O)c2ccccc23)c(OC)c1. The Morgan fingerprint density at radius 3 is 2.74 bits per heavy atom. The molecule has 0 bridgehead atoms. The third-order valence-corrected chi connectivity index (χ3v) is 5.31. The van der Waals surface area contributed by atoms with E-state index < -0.39 is 5.60 Å². The van der Waals surface area contributed by atoms with Crippen molar-refractivity contribution >= 4 is 11.9 Å². The molecule has 27 heavy (non-hydrogen) atoms. The molecule has 6 heteroatoms. The highest BCUT2D eigenvalue weighted by Crippen LogP contribution is 2.43. The molecule has 2 aliphatic heterocycles. The molecule has 1 amide bonds. The first-order chi connectivity index (χ1) is 13.1. The lowest BCUT2D eigenvalue weighted by atomic mass is 9.85. The molecule has 1 spiro atoms. The summed E-state index contributed by atoms with van der Waals surface area (Å²) in [5, 5.41) is 0. The first-order valence-electron chi connectivity index (χ1n) is 8.92. The minimum atomic E-state index is -0.763. The van der Waals surface area contributed by atoms with Gasteiger partial charge in [0, 0.05) is 18.2 Å². The van der Waals surface area contributed by atoms with Crippen LogP contribution in [0.4, 0.5) is 0 Å². The third kappa shape index (κ3) is 2.81. The highest BCUT2D eigenvalue weighted by molar-refractivity contribution is 5.98. The minimum absolute atomic E-state index is 0.144. The lowest BCUT2D eigenvalue weighted by Crippen LogP contribution is -2.48. The van der Waals surface area contributed by atoms with Gasteiger partial charge in [-0.2, -0.15) is 0 Å². The number of hydrogen-bond acceptors (Lipinski definition) is 5. The summed E-state index contributed by atoms with van der Waals surface area (Å²) in [6.45, 7) is 0.944. The Hall–Kier alpha value is -3.02. The molecular formula is C21H21NO5. The van der Waals surface area contributed by atoms with Crippen molar-refractivity contribution in [3.05, 3.63) is 59.2 Å². The van der Waals surface area contributed by atoms with Crippen molar-refractivity contribution in [1.29, 1.82) is 0 Å². The Labute approximate surface area is 157 Å². The first-order valence-corrected chi connectivity index (χ1v) is 8.92. The van der Waals surface area contributed by atoms with Crippen LogP contribution >= 0.6 is 0 Å². The summed E-state index contributed by atoms with van der Waals surface area (Å²) in [5.41, 5.74) is 1.16. The number of esters is 1. The number of carbonyl (C=O) groups is 2. The molecule has 140 valence electrons. The van der Waals surface area contributed by atoms with Crippen LogP contribution in [0, 0.1) is 0 Å². The Balaban J connectivity index is 1.65. The van der Waals surface area contributed by atoms with Crippen molar-refractivity contribution in [3.8, 4) is 11.5 Å². The lowest BCUT2D eigenvalue weighted by molar-refractivity contribution is -0.0442. The number of methoxy groups -OCH3 is 2. The highest BCUT2D eigenvalue weighted by atomic mass is 16.6. The van der Waals surface area contributed by atoms with E-state index in [0.717, 1.165) is 12.0 Å². The second-order valence-electron chi connectivity index (χ2n) is 6.83. The topological polar surface area (TPSA) is 65.1 Å². The summed E-state index contributed by atoms with van der Waals surface area (Å²) >= 11 is 0. The summed E-state index contributed by atoms with van der Waals surface area (Å²) in [5.74, 6) is 0.621. The highest BCUT2D eigenvalue weighted by Gasteiger charge is 2.48. The number of benzene rings is 2. The van der Waals surface area contributed by atoms with Crippen LogP contribution in [0.3, 0.4) is 0 Å². The van der Waals surface area contributed by atoms with Crippen LogP contribution in [0.25, 0.3) is 0 Å². The second kappa shape index (κ2) is 6.61. The molecule has 4 rings (SSSR count). The van der Waals surface area contributed by atoms with E-state index in [1.165, 1.54) is 7.11 Å². The van der Waals surface area contributed by atoms with Crippen molar-refractivity contribution < 1.29 is 23.8 Å². The van der Waals surface area contributed by atoms with Gasteiger partial charge in [-0.25, -0.2) is 4.79 Å². The van der Waals surface area contributed by atoms with Gasteiger partial charge in [0.2, 0.25) is 0 Å². The Morgan fingerprint density at radius 1 is 1.15 bits per heavy atom. The fourth-order valence-electron chi connectivity index (χ4n) is 3.99. The summed E-state index contributed by atoms with van der Waals surface area (Å²) in [6.07, 6.45) is 1.46. The summed E-state index contributed by atoms with van der Waals surface area (Å²) in [6, 6.07) is 12.6. The Bertz CT molecular complexity index is 909. The fourth-order valence-corrected chi connectivity index (χ4v) is 3.99. The van der Waals surface area contributed by atoms with Gasteiger partial charge in [0.15, 0.2) is 5.60 Å². The molecule has 2 aromatic carbocycles. The van der Waals surface area contributed by atoms with Gasteiger partial charge >= 0.3 is 5.97 Å². The Morgan fingerprint density at radius 2 is 1.96 bits per heavy atom. The number of rotatable bonds is 3. The smallest absolute Gasteiger partial charge is 0.339 e. The molecule has 0 aliphatic carbocycles. The maximum Gasteiger partial charge on any atom is 0.339 e. The van der Waals surface area contributed by atoms with Gasteiger partial charge in [-0.15, -0.1) is 0 Å². The van der Waals surface area contributed by atoms with E-state index >= 15 is 0 Å². The van der Waals surface area contributed by atoms with Crippen LogP contribution in [0.15, 0.2) is 42.5 Å². The molecule has 0 saturated carbocycles. The maximum absolute atomic E-state index is 13.2. The summed E-state index contributed by atoms with van der Waals surface area (Å²) < 4.78 is 16.4. The fraction of sp³-hybridized carbons (Fsp3) is 0.333. The van der Waals surface area contributed by atoms with Crippen LogP contribution < -0.4 is 9.47 Å². The molecule has 6 nitrogen and oxygen atoms in total. The number of fused-ring (bicyclic) bond motifs is 2. The van der Waals surface area contributed by atoms with Gasteiger partial charge in [0.1, 0.15) is 11.5 Å². The van der Waals surface area contributed by atoms with Crippen LogP contribution in [0.5, 0.6) is 11.5 Å². The first kappa shape index (κ1) is 17.4. The van der Waals surface area contributed by atoms with Crippen molar-refractivity contribution in [2.45, 2.75) is 18.4 Å². The normalized spacial score (nSPS) is 21.0. The van der Waals surface area contributed by atoms with Crippen LogP contribution in [-0.2, 0) is 10.3 Å². The van der Waals surface area contributed by atoms with Crippen molar-refractivity contribution in [2.75, 3.05) is 27.3 Å². The van der Waals surface area contributed by atoms with E-state index in [4.69, 9.17) is 14.2 Å². The zero-order valence-corrected chi connectivity index (χ0v) is 15.4. The standard InChI is InChI=1S/C21H21NO5/c1-25-14-8-9-16(18(12-14)26-2)19(23)22-11-5-10-21(13-22)17-7-4-3-6-15(17)20(24)27-21/h3-4,6-9,12H,5,10-11,13H2,1-2H3. The molecule has 0 aromatic heterocycles. The average Bonchev–Trinajstić information content (AvgIpc) is 2.98. The van der Waals surface area contributed by atoms with Gasteiger partial charge in [0.25, 0.3) is 5.91 Å². The zero-order valence-electron chi connectivity index (χ0n) is 15.4. The van der Waals surface area contributed by atoms with E-state index in [-0.39, 0.29) is 11.9 Å². The van der Waals surface area contributed by atoms with Gasteiger partial charge in [-0.1, -0.05) is 18.2 Å². The molecule has 1 saturated heterocycles. The zero-order chi connectivity index (χ0) is 19.0. The lowest BCUT2D eigenvalue weighted by Gasteiger charge is -2.39. The molecule has 0 radical (unpaired) electrons. The number of carbonyl (C=O) groups excluding carboxylic acids is 2. The van der Waals surface area contributed by atoms with Crippen molar-refractivity contribution in [2.24, 2.45) is 0 Å². The number of ether oxygens (including phenoxy) is 3. The number of likely N-dealkylation sites (tertiary alicyclic amines) is 1. The molecule has 2 heterocycles. The summed E-state index contributed by atoms with van der Waals surface area (Å²) in [4.78, 5) is 27.2. The third-order valence-electron chi connectivity index (χ3n) is 5.31. The van der Waals surface area contributed by atoms with Crippen molar-refractivity contribution in [3.63, 3.8) is 0 Å². The van der Waals surface area contributed by atoms with Gasteiger partial charge in [-0.3, -0.25) is 4.79 Å². The molecule has 2 aromatic rings. The van der Waals surface area contributed by atoms with Crippen LogP contribution in [0.2, 0.25) is 0 Å². The maximum atomic E-state index is 13.2. The second-order valence-corrected chi connectivity index (χ2v) is 6.83. The predicted octanol–water partition coefficient (Wildman–Crippen LogP) is 3.01. The molecule has 1 fully saturated rings. The van der Waals surface area contributed by atoms with Crippen molar-refractivity contribution in [1.82, 2.24) is 4.90 Å². The molecular weight excluding hydrogens is 346 g/mol. The Kier molecular flexibility index (Phi) is 4.26. The van der Waals surface area contributed by atoms with Crippen LogP contribution in [-0.4, -0.2) is 44.1 Å². The van der Waals surface area contributed by atoms with E-state index in [1.807, 2.05) is 18.2 Å². The number of piperidine rings is 1.